The van der Waals surface area contributed by atoms with Crippen molar-refractivity contribution in [1.29, 1.82) is 0 Å². The van der Waals surface area contributed by atoms with Crippen molar-refractivity contribution in [3.8, 4) is 5.75 Å². The van der Waals surface area contributed by atoms with E-state index < -0.39 is 5.54 Å². The Balaban J connectivity index is 1.73. The van der Waals surface area contributed by atoms with Crippen LogP contribution >= 0.6 is 15.9 Å². The summed E-state index contributed by atoms with van der Waals surface area (Å²) in [5, 5.41) is 2.93. The highest BCUT2D eigenvalue weighted by Crippen LogP contribution is 2.50. The number of urea groups is 1. The van der Waals surface area contributed by atoms with E-state index in [4.69, 9.17) is 4.74 Å². The number of rotatable bonds is 3. The SMILES string of the molecule is COc1ccc(CN2C(=O)NC3(CC(C(C)(C)C)C3)C2=O)cc1Br. The Morgan fingerprint density at radius 1 is 1.33 bits per heavy atom. The molecule has 5 nitrogen and oxygen atoms in total. The van der Waals surface area contributed by atoms with Gasteiger partial charge in [0.25, 0.3) is 5.91 Å². The molecule has 1 aliphatic heterocycles. The molecular formula is C18H23BrN2O3. The second kappa shape index (κ2) is 5.76. The molecule has 2 aliphatic rings. The van der Waals surface area contributed by atoms with Crippen LogP contribution in [0.1, 0.15) is 39.2 Å². The van der Waals surface area contributed by atoms with Crippen molar-refractivity contribution >= 4 is 27.9 Å². The molecule has 0 unspecified atom stereocenters. The number of hydrogen-bond donors (Lipinski definition) is 1. The lowest BCUT2D eigenvalue weighted by Crippen LogP contribution is -2.59. The first-order valence-electron chi connectivity index (χ1n) is 8.13. The molecule has 24 heavy (non-hydrogen) atoms. The van der Waals surface area contributed by atoms with Gasteiger partial charge in [0.05, 0.1) is 18.1 Å². The van der Waals surface area contributed by atoms with Gasteiger partial charge in [-0.1, -0.05) is 26.8 Å². The van der Waals surface area contributed by atoms with Crippen LogP contribution < -0.4 is 10.1 Å². The molecule has 1 spiro atoms. The van der Waals surface area contributed by atoms with Gasteiger partial charge >= 0.3 is 6.03 Å². The van der Waals surface area contributed by atoms with Crippen LogP contribution in [0.25, 0.3) is 0 Å². The zero-order valence-corrected chi connectivity index (χ0v) is 16.1. The monoisotopic (exact) mass is 394 g/mol. The molecule has 1 saturated carbocycles. The van der Waals surface area contributed by atoms with Crippen molar-refractivity contribution in [2.75, 3.05) is 7.11 Å². The molecule has 3 rings (SSSR count). The van der Waals surface area contributed by atoms with Crippen LogP contribution in [0.5, 0.6) is 5.75 Å². The van der Waals surface area contributed by atoms with Crippen molar-refractivity contribution < 1.29 is 14.3 Å². The van der Waals surface area contributed by atoms with E-state index >= 15 is 0 Å². The first-order chi connectivity index (χ1) is 11.2. The maximum atomic E-state index is 12.8. The quantitative estimate of drug-likeness (QED) is 0.794. The summed E-state index contributed by atoms with van der Waals surface area (Å²) < 4.78 is 6.01. The molecule has 6 heteroatoms. The Morgan fingerprint density at radius 3 is 2.54 bits per heavy atom. The fourth-order valence-electron chi connectivity index (χ4n) is 3.48. The molecule has 1 saturated heterocycles. The average molecular weight is 395 g/mol. The smallest absolute Gasteiger partial charge is 0.325 e. The predicted molar refractivity (Wildman–Crippen MR) is 94.7 cm³/mol. The van der Waals surface area contributed by atoms with Crippen LogP contribution in [0.3, 0.4) is 0 Å². The van der Waals surface area contributed by atoms with Crippen LogP contribution in [0, 0.1) is 11.3 Å². The second-order valence-electron chi connectivity index (χ2n) is 7.84. The molecule has 0 bridgehead atoms. The van der Waals surface area contributed by atoms with Gasteiger partial charge in [-0.05, 0) is 57.8 Å². The highest BCUT2D eigenvalue weighted by Gasteiger charge is 2.60. The van der Waals surface area contributed by atoms with E-state index in [1.54, 1.807) is 7.11 Å². The number of nitrogens with zero attached hydrogens (tertiary/aromatic N) is 1. The van der Waals surface area contributed by atoms with Gasteiger partial charge in [-0.15, -0.1) is 0 Å². The van der Waals surface area contributed by atoms with Crippen LogP contribution in [0.15, 0.2) is 22.7 Å². The average Bonchev–Trinajstić information content (AvgIpc) is 2.69. The van der Waals surface area contributed by atoms with Gasteiger partial charge < -0.3 is 10.1 Å². The number of imide groups is 1. The topological polar surface area (TPSA) is 58.6 Å². The molecule has 1 aliphatic carbocycles. The second-order valence-corrected chi connectivity index (χ2v) is 8.70. The molecule has 130 valence electrons. The number of carbonyl (C=O) groups excluding carboxylic acids is 2. The Morgan fingerprint density at radius 2 is 2.00 bits per heavy atom. The number of benzene rings is 1. The lowest BCUT2D eigenvalue weighted by atomic mass is 9.59. The van der Waals surface area contributed by atoms with Crippen LogP contribution in [0.2, 0.25) is 0 Å². The fraction of sp³-hybridized carbons (Fsp3) is 0.556. The van der Waals surface area contributed by atoms with Crippen LogP contribution in [0.4, 0.5) is 4.79 Å². The van der Waals surface area contributed by atoms with E-state index in [9.17, 15) is 9.59 Å². The fourth-order valence-corrected chi connectivity index (χ4v) is 4.07. The van der Waals surface area contributed by atoms with Crippen molar-refractivity contribution in [3.05, 3.63) is 28.2 Å². The van der Waals surface area contributed by atoms with Crippen LogP contribution in [-0.2, 0) is 11.3 Å². The number of ether oxygens (including phenoxy) is 1. The summed E-state index contributed by atoms with van der Waals surface area (Å²) in [4.78, 5) is 26.5. The summed E-state index contributed by atoms with van der Waals surface area (Å²) in [5.74, 6) is 1.08. The summed E-state index contributed by atoms with van der Waals surface area (Å²) in [5.41, 5.74) is 0.360. The van der Waals surface area contributed by atoms with Gasteiger partial charge in [-0.2, -0.15) is 0 Å². The Bertz CT molecular complexity index is 690. The van der Waals surface area contributed by atoms with Crippen molar-refractivity contribution in [3.63, 3.8) is 0 Å². The minimum atomic E-state index is -0.682. The van der Waals surface area contributed by atoms with Gasteiger partial charge in [0, 0.05) is 0 Å². The summed E-state index contributed by atoms with van der Waals surface area (Å²) >= 11 is 3.43. The molecule has 2 fully saturated rings. The molecule has 1 aromatic rings. The van der Waals surface area contributed by atoms with Crippen LogP contribution in [-0.4, -0.2) is 29.5 Å². The lowest BCUT2D eigenvalue weighted by Gasteiger charge is -2.48. The lowest BCUT2D eigenvalue weighted by molar-refractivity contribution is -0.138. The number of hydrogen-bond acceptors (Lipinski definition) is 3. The molecular weight excluding hydrogens is 372 g/mol. The largest absolute Gasteiger partial charge is 0.496 e. The summed E-state index contributed by atoms with van der Waals surface area (Å²) in [6.07, 6.45) is 1.45. The minimum absolute atomic E-state index is 0.0973. The van der Waals surface area contributed by atoms with E-state index in [1.807, 2.05) is 18.2 Å². The Labute approximate surface area is 150 Å². The van der Waals surface area contributed by atoms with E-state index in [2.05, 4.69) is 42.0 Å². The summed E-state index contributed by atoms with van der Waals surface area (Å²) in [6, 6.07) is 5.28. The molecule has 3 amide bonds. The molecule has 0 aromatic heterocycles. The van der Waals surface area contributed by atoms with E-state index in [0.29, 0.717) is 5.92 Å². The number of methoxy groups -OCH3 is 1. The number of halogens is 1. The van der Waals surface area contributed by atoms with Crippen molar-refractivity contribution in [2.45, 2.75) is 45.7 Å². The summed E-state index contributed by atoms with van der Waals surface area (Å²) in [6.45, 7) is 6.81. The highest BCUT2D eigenvalue weighted by atomic mass is 79.9. The highest BCUT2D eigenvalue weighted by molar-refractivity contribution is 9.10. The Hall–Kier alpha value is -1.56. The third-order valence-corrected chi connectivity index (χ3v) is 5.84. The van der Waals surface area contributed by atoms with E-state index in [0.717, 1.165) is 28.6 Å². The standard InChI is InChI=1S/C18H23BrN2O3/c1-17(2,3)12-8-18(9-12)15(22)21(16(23)20-18)10-11-5-6-14(24-4)13(19)7-11/h5-7,12H,8-10H2,1-4H3,(H,20,23). The molecule has 1 aromatic carbocycles. The molecule has 1 N–H and O–H groups in total. The summed E-state index contributed by atoms with van der Waals surface area (Å²) in [7, 11) is 1.60. The molecule has 1 heterocycles. The zero-order valence-electron chi connectivity index (χ0n) is 14.5. The minimum Gasteiger partial charge on any atom is -0.496 e. The molecule has 0 atom stereocenters. The van der Waals surface area contributed by atoms with E-state index in [1.165, 1.54) is 4.90 Å². The van der Waals surface area contributed by atoms with Gasteiger partial charge in [-0.25, -0.2) is 4.79 Å². The van der Waals surface area contributed by atoms with Gasteiger partial charge in [0.1, 0.15) is 11.3 Å². The zero-order chi connectivity index (χ0) is 17.7. The first-order valence-corrected chi connectivity index (χ1v) is 8.92. The third-order valence-electron chi connectivity index (χ3n) is 5.22. The number of carbonyl (C=O) groups is 2. The van der Waals surface area contributed by atoms with Gasteiger partial charge in [0.15, 0.2) is 0 Å². The Kier molecular flexibility index (Phi) is 4.14. The predicted octanol–water partition coefficient (Wildman–Crippen LogP) is 3.70. The normalized spacial score (nSPS) is 26.5. The third kappa shape index (κ3) is 2.81. The maximum Gasteiger partial charge on any atom is 0.325 e. The molecule has 0 radical (unpaired) electrons. The van der Waals surface area contributed by atoms with Gasteiger partial charge in [-0.3, -0.25) is 9.69 Å². The van der Waals surface area contributed by atoms with Crippen molar-refractivity contribution in [1.82, 2.24) is 10.2 Å². The van der Waals surface area contributed by atoms with E-state index in [-0.39, 0.29) is 23.9 Å². The first kappa shape index (κ1) is 17.3. The number of nitrogens with one attached hydrogen (secondary N) is 1. The van der Waals surface area contributed by atoms with Gasteiger partial charge in [0.2, 0.25) is 0 Å². The number of amides is 3. The maximum absolute atomic E-state index is 12.8. The van der Waals surface area contributed by atoms with Crippen molar-refractivity contribution in [2.24, 2.45) is 11.3 Å².